The minimum atomic E-state index is -3.75. The Hall–Kier alpha value is -3.60. The fourth-order valence-electron chi connectivity index (χ4n) is 3.25. The van der Waals surface area contributed by atoms with Gasteiger partial charge in [-0.05, 0) is 42.0 Å². The highest BCUT2D eigenvalue weighted by Crippen LogP contribution is 2.23. The molecule has 32 heavy (non-hydrogen) atoms. The van der Waals surface area contributed by atoms with Crippen molar-refractivity contribution in [1.82, 2.24) is 14.6 Å². The molecule has 0 unspecified atom stereocenters. The van der Waals surface area contributed by atoms with Gasteiger partial charge in [0.2, 0.25) is 15.0 Å². The van der Waals surface area contributed by atoms with Gasteiger partial charge in [0.05, 0.1) is 4.90 Å². The van der Waals surface area contributed by atoms with Gasteiger partial charge in [0.1, 0.15) is 16.1 Å². The van der Waals surface area contributed by atoms with E-state index in [4.69, 9.17) is 9.56 Å². The number of rotatable bonds is 5. The van der Waals surface area contributed by atoms with Crippen molar-refractivity contribution in [1.29, 1.82) is 0 Å². The molecule has 0 radical (unpaired) electrons. The van der Waals surface area contributed by atoms with Crippen molar-refractivity contribution in [3.63, 3.8) is 0 Å². The summed E-state index contributed by atoms with van der Waals surface area (Å²) < 4.78 is 30.4. The van der Waals surface area contributed by atoms with E-state index in [-0.39, 0.29) is 10.5 Å². The average Bonchev–Trinajstić information content (AvgIpc) is 3.46. The summed E-state index contributed by atoms with van der Waals surface area (Å²) in [6.45, 7) is 0. The van der Waals surface area contributed by atoms with Crippen molar-refractivity contribution < 1.29 is 12.8 Å². The van der Waals surface area contributed by atoms with Crippen LogP contribution in [-0.4, -0.2) is 23.0 Å². The summed E-state index contributed by atoms with van der Waals surface area (Å²) in [5, 5.41) is 9.47. The first-order chi connectivity index (χ1) is 15.4. The molecule has 2 aromatic carbocycles. The van der Waals surface area contributed by atoms with Crippen LogP contribution < -0.4 is 15.2 Å². The van der Waals surface area contributed by atoms with Gasteiger partial charge < -0.3 is 4.42 Å². The van der Waals surface area contributed by atoms with E-state index < -0.39 is 10.0 Å². The molecule has 10 heteroatoms. The fraction of sp³-hybridized carbons (Fsp3) is 0.0455. The van der Waals surface area contributed by atoms with E-state index in [0.717, 1.165) is 5.56 Å². The molecule has 0 spiro atoms. The normalized spacial score (nSPS) is 12.6. The lowest BCUT2D eigenvalue weighted by Crippen LogP contribution is -2.23. The van der Waals surface area contributed by atoms with Crippen LogP contribution >= 0.6 is 11.3 Å². The number of benzene rings is 2. The first kappa shape index (κ1) is 20.3. The Labute approximate surface area is 186 Å². The van der Waals surface area contributed by atoms with E-state index in [2.05, 4.69) is 10.1 Å². The van der Waals surface area contributed by atoms with Gasteiger partial charge in [0.25, 0.3) is 5.56 Å². The van der Waals surface area contributed by atoms with Crippen LogP contribution in [0.25, 0.3) is 22.4 Å². The third-order valence-corrected chi connectivity index (χ3v) is 6.69. The molecule has 0 amide bonds. The van der Waals surface area contributed by atoms with Gasteiger partial charge in [-0.1, -0.05) is 41.7 Å². The maximum Gasteiger partial charge on any atom is 0.291 e. The van der Waals surface area contributed by atoms with E-state index in [1.165, 1.54) is 28.0 Å². The highest BCUT2D eigenvalue weighted by Gasteiger charge is 2.12. The Morgan fingerprint density at radius 3 is 2.47 bits per heavy atom. The van der Waals surface area contributed by atoms with Crippen LogP contribution in [-0.2, 0) is 16.4 Å². The van der Waals surface area contributed by atoms with E-state index in [9.17, 15) is 13.2 Å². The van der Waals surface area contributed by atoms with Crippen LogP contribution in [0, 0.1) is 0 Å². The van der Waals surface area contributed by atoms with Gasteiger partial charge in [-0.2, -0.15) is 4.52 Å². The zero-order valence-electron chi connectivity index (χ0n) is 16.5. The molecule has 0 atom stereocenters. The second-order valence-corrected chi connectivity index (χ2v) is 9.64. The SMILES string of the molecule is NS(=O)(=O)c1ccc(-c2ccc(/C=c3\sc4nc(Cc5ccccc5)nn4c3=O)o2)cc1. The molecule has 2 N–H and O–H groups in total. The smallest absolute Gasteiger partial charge is 0.291 e. The lowest BCUT2D eigenvalue weighted by Gasteiger charge is -2.00. The van der Waals surface area contributed by atoms with E-state index >= 15 is 0 Å². The monoisotopic (exact) mass is 464 g/mol. The van der Waals surface area contributed by atoms with Crippen molar-refractivity contribution in [2.45, 2.75) is 11.3 Å². The first-order valence-electron chi connectivity index (χ1n) is 9.54. The van der Waals surface area contributed by atoms with Crippen molar-refractivity contribution in [2.75, 3.05) is 0 Å². The molecule has 3 aromatic heterocycles. The number of aromatic nitrogens is 3. The third kappa shape index (κ3) is 3.98. The van der Waals surface area contributed by atoms with E-state index in [1.807, 2.05) is 30.3 Å². The molecule has 0 bridgehead atoms. The standard InChI is InChI=1S/C22H16N4O4S2/c23-32(28,29)17-9-6-15(7-10-17)18-11-8-16(30-18)13-19-21(27)26-22(31-19)24-20(25-26)12-14-4-2-1-3-5-14/h1-11,13H,12H2,(H2,23,28,29)/b19-13-. The van der Waals surface area contributed by atoms with E-state index in [1.54, 1.807) is 30.3 Å². The van der Waals surface area contributed by atoms with Crippen molar-refractivity contribution in [3.8, 4) is 11.3 Å². The lowest BCUT2D eigenvalue weighted by molar-refractivity contribution is 0.571. The number of hydrogen-bond acceptors (Lipinski definition) is 7. The van der Waals surface area contributed by atoms with Crippen LogP contribution in [0.5, 0.6) is 0 Å². The largest absolute Gasteiger partial charge is 0.457 e. The number of primary sulfonamides is 1. The number of furan rings is 1. The van der Waals surface area contributed by atoms with Crippen molar-refractivity contribution >= 4 is 32.4 Å². The third-order valence-electron chi connectivity index (χ3n) is 4.80. The molecule has 8 nitrogen and oxygen atoms in total. The minimum Gasteiger partial charge on any atom is -0.457 e. The zero-order chi connectivity index (χ0) is 22.3. The highest BCUT2D eigenvalue weighted by atomic mass is 32.2. The molecule has 5 aromatic rings. The highest BCUT2D eigenvalue weighted by molar-refractivity contribution is 7.89. The Morgan fingerprint density at radius 1 is 1.03 bits per heavy atom. The Morgan fingerprint density at radius 2 is 1.78 bits per heavy atom. The Kier molecular flexibility index (Phi) is 4.97. The number of nitrogens with two attached hydrogens (primary N) is 1. The molecule has 5 rings (SSSR count). The number of nitrogens with zero attached hydrogens (tertiary/aromatic N) is 3. The molecular formula is C22H16N4O4S2. The molecule has 0 fully saturated rings. The number of thiazole rings is 1. The predicted molar refractivity (Wildman–Crippen MR) is 121 cm³/mol. The van der Waals surface area contributed by atoms with Gasteiger partial charge >= 0.3 is 0 Å². The summed E-state index contributed by atoms with van der Waals surface area (Å²) in [6, 6.07) is 19.4. The van der Waals surface area contributed by atoms with Crippen molar-refractivity contribution in [3.05, 3.63) is 98.8 Å². The zero-order valence-corrected chi connectivity index (χ0v) is 18.1. The molecule has 0 aliphatic heterocycles. The summed E-state index contributed by atoms with van der Waals surface area (Å²) in [7, 11) is -3.75. The Balaban J connectivity index is 1.42. The van der Waals surface area contributed by atoms with Crippen LogP contribution in [0.15, 0.2) is 80.8 Å². The molecule has 0 saturated heterocycles. The summed E-state index contributed by atoms with van der Waals surface area (Å²) in [5.74, 6) is 1.62. The van der Waals surface area contributed by atoms with Crippen LogP contribution in [0.4, 0.5) is 0 Å². The molecule has 160 valence electrons. The summed E-state index contributed by atoms with van der Waals surface area (Å²) in [6.07, 6.45) is 2.20. The fourth-order valence-corrected chi connectivity index (χ4v) is 4.67. The maximum absolute atomic E-state index is 12.7. The average molecular weight is 465 g/mol. The molecule has 3 heterocycles. The topological polar surface area (TPSA) is 121 Å². The number of hydrogen-bond donors (Lipinski definition) is 1. The minimum absolute atomic E-state index is 0.0247. The molecule has 0 aliphatic rings. The number of fused-ring (bicyclic) bond motifs is 1. The first-order valence-corrected chi connectivity index (χ1v) is 11.9. The molecule has 0 aliphatic carbocycles. The maximum atomic E-state index is 12.7. The quantitative estimate of drug-likeness (QED) is 0.426. The van der Waals surface area contributed by atoms with Gasteiger partial charge in [-0.15, -0.1) is 5.10 Å². The van der Waals surface area contributed by atoms with E-state index in [0.29, 0.717) is 38.8 Å². The van der Waals surface area contributed by atoms with Gasteiger partial charge in [0, 0.05) is 18.1 Å². The van der Waals surface area contributed by atoms with Gasteiger partial charge in [-0.25, -0.2) is 18.5 Å². The van der Waals surface area contributed by atoms with Gasteiger partial charge in [-0.3, -0.25) is 4.79 Å². The lowest BCUT2D eigenvalue weighted by atomic mass is 10.1. The summed E-state index contributed by atoms with van der Waals surface area (Å²) >= 11 is 1.24. The second kappa shape index (κ2) is 7.83. The summed E-state index contributed by atoms with van der Waals surface area (Å²) in [5.41, 5.74) is 1.50. The number of sulfonamides is 1. The van der Waals surface area contributed by atoms with Crippen LogP contribution in [0.2, 0.25) is 0 Å². The summed E-state index contributed by atoms with van der Waals surface area (Å²) in [4.78, 5) is 17.8. The van der Waals surface area contributed by atoms with Crippen LogP contribution in [0.3, 0.4) is 0 Å². The molecular weight excluding hydrogens is 448 g/mol. The second-order valence-electron chi connectivity index (χ2n) is 7.07. The Bertz CT molecular complexity index is 1630. The predicted octanol–water partition coefficient (Wildman–Crippen LogP) is 2.20. The molecule has 0 saturated carbocycles. The van der Waals surface area contributed by atoms with Crippen LogP contribution in [0.1, 0.15) is 17.1 Å². The van der Waals surface area contributed by atoms with Gasteiger partial charge in [0.15, 0.2) is 5.82 Å². The van der Waals surface area contributed by atoms with Crippen molar-refractivity contribution in [2.24, 2.45) is 5.14 Å².